The maximum atomic E-state index is 12.3. The van der Waals surface area contributed by atoms with Gasteiger partial charge in [0.2, 0.25) is 5.91 Å². The first kappa shape index (κ1) is 44.6. The van der Waals surface area contributed by atoms with Gasteiger partial charge in [-0.05, 0) is 44.9 Å². The lowest BCUT2D eigenvalue weighted by Gasteiger charge is -2.22. The van der Waals surface area contributed by atoms with E-state index in [9.17, 15) is 19.8 Å². The Kier molecular flexibility index (Phi) is 35.3. The molecule has 6 nitrogen and oxygen atoms in total. The lowest BCUT2D eigenvalue weighted by molar-refractivity contribution is -0.143. The second-order valence-electron chi connectivity index (χ2n) is 13.6. The van der Waals surface area contributed by atoms with Gasteiger partial charge in [-0.1, -0.05) is 161 Å². The molecule has 0 aromatic carbocycles. The van der Waals surface area contributed by atoms with Gasteiger partial charge >= 0.3 is 5.97 Å². The van der Waals surface area contributed by atoms with Crippen molar-refractivity contribution < 1.29 is 24.5 Å². The van der Waals surface area contributed by atoms with Crippen LogP contribution in [0.25, 0.3) is 0 Å². The number of aliphatic hydroxyl groups excluding tert-OH is 2. The fourth-order valence-electron chi connectivity index (χ4n) is 5.91. The molecule has 0 spiro atoms. The van der Waals surface area contributed by atoms with Crippen molar-refractivity contribution in [2.24, 2.45) is 0 Å². The molecule has 0 aromatic heterocycles. The molecule has 0 aliphatic carbocycles. The summed E-state index contributed by atoms with van der Waals surface area (Å²) in [4.78, 5) is 24.2. The average Bonchev–Trinajstić information content (AvgIpc) is 3.05. The van der Waals surface area contributed by atoms with E-state index in [2.05, 4.69) is 31.3 Å². The van der Waals surface area contributed by atoms with Gasteiger partial charge in [-0.15, -0.1) is 0 Å². The zero-order valence-electron chi connectivity index (χ0n) is 30.6. The van der Waals surface area contributed by atoms with Gasteiger partial charge in [0.15, 0.2) is 0 Å². The molecule has 0 aliphatic rings. The van der Waals surface area contributed by atoms with E-state index in [1.165, 1.54) is 116 Å². The maximum absolute atomic E-state index is 12.3. The minimum atomic E-state index is -0.678. The topological polar surface area (TPSA) is 95.9 Å². The number of nitrogens with one attached hydrogen (secondary N) is 1. The molecule has 0 rings (SSSR count). The first-order chi connectivity index (χ1) is 22.5. The highest BCUT2D eigenvalue weighted by atomic mass is 16.5. The van der Waals surface area contributed by atoms with E-state index in [1.807, 2.05) is 0 Å². The fourth-order valence-corrected chi connectivity index (χ4v) is 5.91. The molecule has 2 atom stereocenters. The monoisotopic (exact) mass is 652 g/mol. The molecule has 0 saturated carbocycles. The number of rotatable bonds is 36. The van der Waals surface area contributed by atoms with Crippen molar-refractivity contribution in [2.45, 2.75) is 219 Å². The van der Waals surface area contributed by atoms with Crippen molar-refractivity contribution in [1.82, 2.24) is 5.32 Å². The van der Waals surface area contributed by atoms with Crippen molar-refractivity contribution >= 4 is 11.9 Å². The summed E-state index contributed by atoms with van der Waals surface area (Å²) in [6, 6.07) is -0.558. The SMILES string of the molecule is CCCC/C=C\CCCCCCCC(=O)OCCCCCCCCCCCC(=O)NC(CO)C(O)CCCCCCCCCCC. The van der Waals surface area contributed by atoms with Gasteiger partial charge in [-0.2, -0.15) is 0 Å². The Labute approximate surface area is 285 Å². The van der Waals surface area contributed by atoms with Crippen LogP contribution in [0, 0.1) is 0 Å². The van der Waals surface area contributed by atoms with Crippen LogP contribution < -0.4 is 5.32 Å². The molecule has 0 radical (unpaired) electrons. The lowest BCUT2D eigenvalue weighted by Crippen LogP contribution is -2.45. The predicted octanol–water partition coefficient (Wildman–Crippen LogP) is 10.7. The van der Waals surface area contributed by atoms with Crippen LogP contribution in [-0.2, 0) is 14.3 Å². The van der Waals surface area contributed by atoms with Crippen molar-refractivity contribution in [3.05, 3.63) is 12.2 Å². The summed E-state index contributed by atoms with van der Waals surface area (Å²) < 4.78 is 5.40. The summed E-state index contributed by atoms with van der Waals surface area (Å²) in [7, 11) is 0. The minimum absolute atomic E-state index is 0.0373. The highest BCUT2D eigenvalue weighted by Gasteiger charge is 2.20. The Bertz CT molecular complexity index is 683. The van der Waals surface area contributed by atoms with Crippen LogP contribution in [0.1, 0.15) is 206 Å². The molecule has 0 bridgehead atoms. The van der Waals surface area contributed by atoms with Crippen molar-refractivity contribution in [1.29, 1.82) is 0 Å². The number of hydrogen-bond acceptors (Lipinski definition) is 5. The average molecular weight is 652 g/mol. The zero-order valence-corrected chi connectivity index (χ0v) is 30.6. The summed E-state index contributed by atoms with van der Waals surface area (Å²) in [6.45, 7) is 4.80. The fraction of sp³-hybridized carbons (Fsp3) is 0.900. The van der Waals surface area contributed by atoms with Crippen LogP contribution in [-0.4, -0.2) is 47.4 Å². The largest absolute Gasteiger partial charge is 0.466 e. The van der Waals surface area contributed by atoms with Crippen LogP contribution in [0.15, 0.2) is 12.2 Å². The molecule has 2 unspecified atom stereocenters. The van der Waals surface area contributed by atoms with Gasteiger partial charge in [-0.3, -0.25) is 9.59 Å². The highest BCUT2D eigenvalue weighted by molar-refractivity contribution is 5.76. The smallest absolute Gasteiger partial charge is 0.305 e. The molecule has 0 aromatic rings. The van der Waals surface area contributed by atoms with Crippen molar-refractivity contribution in [2.75, 3.05) is 13.2 Å². The number of carbonyl (C=O) groups excluding carboxylic acids is 2. The third-order valence-corrected chi connectivity index (χ3v) is 9.06. The van der Waals surface area contributed by atoms with Crippen LogP contribution >= 0.6 is 0 Å². The quantitative estimate of drug-likeness (QED) is 0.0356. The predicted molar refractivity (Wildman–Crippen MR) is 195 cm³/mol. The molecular formula is C40H77NO5. The summed E-state index contributed by atoms with van der Waals surface area (Å²) in [5.41, 5.74) is 0. The van der Waals surface area contributed by atoms with Crippen LogP contribution in [0.3, 0.4) is 0 Å². The third-order valence-electron chi connectivity index (χ3n) is 9.06. The first-order valence-corrected chi connectivity index (χ1v) is 19.9. The standard InChI is InChI=1S/C40H77NO5/c1-3-5-7-9-11-13-14-18-22-26-30-34-40(45)46-35-31-27-23-19-15-17-21-25-29-33-39(44)41-37(36-42)38(43)32-28-24-20-16-12-10-8-6-4-2/h9,11,37-38,42-43H,3-8,10,12-36H2,1-2H3,(H,41,44)/b11-9-. The number of unbranched alkanes of at least 4 members (excludes halogenated alkanes) is 23. The number of allylic oxidation sites excluding steroid dienone is 2. The van der Waals surface area contributed by atoms with Gasteiger partial charge < -0.3 is 20.3 Å². The van der Waals surface area contributed by atoms with Gasteiger partial charge in [0.1, 0.15) is 0 Å². The molecule has 272 valence electrons. The molecule has 0 heterocycles. The van der Waals surface area contributed by atoms with E-state index in [1.54, 1.807) is 0 Å². The van der Waals surface area contributed by atoms with Crippen LogP contribution in [0.5, 0.6) is 0 Å². The summed E-state index contributed by atoms with van der Waals surface area (Å²) in [5, 5.41) is 22.9. The Hall–Kier alpha value is -1.40. The van der Waals surface area contributed by atoms with E-state index >= 15 is 0 Å². The van der Waals surface area contributed by atoms with Crippen molar-refractivity contribution in [3.63, 3.8) is 0 Å². The van der Waals surface area contributed by atoms with Crippen LogP contribution in [0.4, 0.5) is 0 Å². The minimum Gasteiger partial charge on any atom is -0.466 e. The normalized spacial score (nSPS) is 12.9. The van der Waals surface area contributed by atoms with Gasteiger partial charge in [0.25, 0.3) is 0 Å². The number of ether oxygens (including phenoxy) is 1. The zero-order chi connectivity index (χ0) is 33.8. The Morgan fingerprint density at radius 3 is 1.61 bits per heavy atom. The van der Waals surface area contributed by atoms with Gasteiger partial charge in [0, 0.05) is 12.8 Å². The molecule has 3 N–H and O–H groups in total. The maximum Gasteiger partial charge on any atom is 0.305 e. The highest BCUT2D eigenvalue weighted by Crippen LogP contribution is 2.14. The molecule has 0 saturated heterocycles. The second-order valence-corrected chi connectivity index (χ2v) is 13.6. The Morgan fingerprint density at radius 1 is 0.587 bits per heavy atom. The number of carbonyl (C=O) groups is 2. The van der Waals surface area contributed by atoms with E-state index in [4.69, 9.17) is 4.74 Å². The van der Waals surface area contributed by atoms with E-state index in [0.29, 0.717) is 25.9 Å². The Morgan fingerprint density at radius 2 is 1.04 bits per heavy atom. The second kappa shape index (κ2) is 36.4. The lowest BCUT2D eigenvalue weighted by atomic mass is 10.0. The van der Waals surface area contributed by atoms with Gasteiger partial charge in [0.05, 0.1) is 25.4 Å². The Balaban J connectivity index is 3.51. The molecular weight excluding hydrogens is 574 g/mol. The summed E-state index contributed by atoms with van der Waals surface area (Å²) in [5.74, 6) is -0.104. The summed E-state index contributed by atoms with van der Waals surface area (Å²) in [6.07, 6.45) is 37.3. The van der Waals surface area contributed by atoms with Crippen molar-refractivity contribution in [3.8, 4) is 0 Å². The molecule has 0 fully saturated rings. The number of amides is 1. The van der Waals surface area contributed by atoms with E-state index < -0.39 is 12.1 Å². The number of esters is 1. The third kappa shape index (κ3) is 32.5. The molecule has 1 amide bonds. The van der Waals surface area contributed by atoms with Gasteiger partial charge in [-0.25, -0.2) is 0 Å². The molecule has 0 aliphatic heterocycles. The number of aliphatic hydroxyl groups is 2. The van der Waals surface area contributed by atoms with Crippen LogP contribution in [0.2, 0.25) is 0 Å². The molecule has 6 heteroatoms. The number of hydrogen-bond donors (Lipinski definition) is 3. The summed E-state index contributed by atoms with van der Waals surface area (Å²) >= 11 is 0. The van der Waals surface area contributed by atoms with E-state index in [0.717, 1.165) is 57.8 Å². The van der Waals surface area contributed by atoms with E-state index in [-0.39, 0.29) is 18.5 Å². The first-order valence-electron chi connectivity index (χ1n) is 19.9. The molecule has 46 heavy (non-hydrogen) atoms.